The van der Waals surface area contributed by atoms with E-state index in [9.17, 15) is 13.2 Å². The molecular formula is C19H24N2O3S. The third kappa shape index (κ3) is 4.60. The molecule has 1 amide bonds. The molecule has 134 valence electrons. The second-order valence-corrected chi connectivity index (χ2v) is 7.84. The lowest BCUT2D eigenvalue weighted by Gasteiger charge is -2.13. The summed E-state index contributed by atoms with van der Waals surface area (Å²) in [6.45, 7) is 7.71. The molecule has 2 N–H and O–H groups in total. The van der Waals surface area contributed by atoms with Gasteiger partial charge in [0.2, 0.25) is 0 Å². The van der Waals surface area contributed by atoms with Crippen LogP contribution < -0.4 is 10.0 Å². The van der Waals surface area contributed by atoms with Gasteiger partial charge in [0, 0.05) is 11.6 Å². The molecule has 0 unspecified atom stereocenters. The molecule has 25 heavy (non-hydrogen) atoms. The van der Waals surface area contributed by atoms with E-state index in [1.807, 2.05) is 39.8 Å². The summed E-state index contributed by atoms with van der Waals surface area (Å²) in [7, 11) is -3.70. The summed E-state index contributed by atoms with van der Waals surface area (Å²) in [5.41, 5.74) is 2.89. The number of benzene rings is 2. The Bertz CT molecular complexity index is 859. The first-order chi connectivity index (χ1) is 11.7. The number of carbonyl (C=O) groups is 1. The highest BCUT2D eigenvalue weighted by Gasteiger charge is 2.17. The molecule has 0 aromatic heterocycles. The third-order valence-corrected chi connectivity index (χ3v) is 5.65. The van der Waals surface area contributed by atoms with Gasteiger partial charge in [0.15, 0.2) is 0 Å². The fourth-order valence-corrected chi connectivity index (χ4v) is 3.38. The number of nitrogens with one attached hydrogen (secondary N) is 2. The van der Waals surface area contributed by atoms with Crippen LogP contribution in [0.1, 0.15) is 41.8 Å². The Hall–Kier alpha value is -2.34. The summed E-state index contributed by atoms with van der Waals surface area (Å²) in [5.74, 6) is -0.208. The van der Waals surface area contributed by atoms with Crippen molar-refractivity contribution in [3.05, 3.63) is 59.2 Å². The fraction of sp³-hybridized carbons (Fsp3) is 0.316. The molecule has 0 heterocycles. The molecule has 2 aromatic rings. The third-order valence-electron chi connectivity index (χ3n) is 4.27. The first-order valence-electron chi connectivity index (χ1n) is 8.24. The summed E-state index contributed by atoms with van der Waals surface area (Å²) < 4.78 is 27.7. The van der Waals surface area contributed by atoms with Crippen LogP contribution in [-0.4, -0.2) is 20.4 Å². The lowest BCUT2D eigenvalue weighted by Crippen LogP contribution is -2.31. The molecule has 0 saturated heterocycles. The summed E-state index contributed by atoms with van der Waals surface area (Å²) >= 11 is 0. The zero-order chi connectivity index (χ0) is 18.6. The van der Waals surface area contributed by atoms with Crippen molar-refractivity contribution in [3.63, 3.8) is 0 Å². The van der Waals surface area contributed by atoms with E-state index in [1.165, 1.54) is 24.3 Å². The van der Waals surface area contributed by atoms with Gasteiger partial charge in [-0.3, -0.25) is 9.52 Å². The molecule has 0 bridgehead atoms. The molecule has 0 aliphatic rings. The number of carbonyl (C=O) groups excluding carboxylic acids is 1. The lowest BCUT2D eigenvalue weighted by atomic mass is 10.1. The molecule has 0 saturated carbocycles. The van der Waals surface area contributed by atoms with Gasteiger partial charge >= 0.3 is 0 Å². The SMILES string of the molecule is CC[C@H](C)NC(=O)c1ccc(S(=O)(=O)Nc2cccc(C)c2C)cc1. The van der Waals surface area contributed by atoms with Crippen molar-refractivity contribution in [2.45, 2.75) is 45.1 Å². The van der Waals surface area contributed by atoms with Crippen molar-refractivity contribution >= 4 is 21.6 Å². The summed E-state index contributed by atoms with van der Waals surface area (Å²) in [4.78, 5) is 12.2. The minimum atomic E-state index is -3.70. The molecule has 1 atom stereocenters. The van der Waals surface area contributed by atoms with Gasteiger partial charge in [-0.15, -0.1) is 0 Å². The van der Waals surface area contributed by atoms with E-state index in [-0.39, 0.29) is 16.8 Å². The largest absolute Gasteiger partial charge is 0.350 e. The maximum atomic E-state index is 12.6. The van der Waals surface area contributed by atoms with Gasteiger partial charge in [-0.25, -0.2) is 8.42 Å². The highest BCUT2D eigenvalue weighted by atomic mass is 32.2. The Labute approximate surface area is 149 Å². The van der Waals surface area contributed by atoms with E-state index in [0.717, 1.165) is 17.5 Å². The number of rotatable bonds is 6. The van der Waals surface area contributed by atoms with Crippen LogP contribution in [0.15, 0.2) is 47.4 Å². The summed E-state index contributed by atoms with van der Waals surface area (Å²) in [5, 5.41) is 2.85. The Morgan fingerprint density at radius 3 is 2.32 bits per heavy atom. The van der Waals surface area contributed by atoms with E-state index in [0.29, 0.717) is 11.3 Å². The lowest BCUT2D eigenvalue weighted by molar-refractivity contribution is 0.0939. The van der Waals surface area contributed by atoms with E-state index in [4.69, 9.17) is 0 Å². The van der Waals surface area contributed by atoms with E-state index < -0.39 is 10.0 Å². The second-order valence-electron chi connectivity index (χ2n) is 6.16. The van der Waals surface area contributed by atoms with Gasteiger partial charge in [-0.05, 0) is 68.7 Å². The first-order valence-corrected chi connectivity index (χ1v) is 9.73. The average molecular weight is 360 g/mol. The van der Waals surface area contributed by atoms with Gasteiger partial charge in [-0.1, -0.05) is 19.1 Å². The van der Waals surface area contributed by atoms with E-state index in [1.54, 1.807) is 6.07 Å². The molecule has 5 nitrogen and oxygen atoms in total. The average Bonchev–Trinajstić information content (AvgIpc) is 2.58. The smallest absolute Gasteiger partial charge is 0.261 e. The van der Waals surface area contributed by atoms with E-state index in [2.05, 4.69) is 10.0 Å². The van der Waals surface area contributed by atoms with Crippen LogP contribution in [0.25, 0.3) is 0 Å². The van der Waals surface area contributed by atoms with Gasteiger partial charge < -0.3 is 5.32 Å². The minimum Gasteiger partial charge on any atom is -0.350 e. The van der Waals surface area contributed by atoms with Gasteiger partial charge in [0.05, 0.1) is 10.6 Å². The number of hydrogen-bond donors (Lipinski definition) is 2. The molecule has 2 aromatic carbocycles. The van der Waals surface area contributed by atoms with Crippen LogP contribution in [-0.2, 0) is 10.0 Å². The molecule has 6 heteroatoms. The molecule has 0 spiro atoms. The number of aryl methyl sites for hydroxylation is 1. The van der Waals surface area contributed by atoms with Crippen LogP contribution in [0.4, 0.5) is 5.69 Å². The fourth-order valence-electron chi connectivity index (χ4n) is 2.26. The maximum Gasteiger partial charge on any atom is 0.261 e. The number of amides is 1. The normalized spacial score (nSPS) is 12.5. The molecule has 0 radical (unpaired) electrons. The van der Waals surface area contributed by atoms with Crippen molar-refractivity contribution in [3.8, 4) is 0 Å². The van der Waals surface area contributed by atoms with E-state index >= 15 is 0 Å². The summed E-state index contributed by atoms with van der Waals surface area (Å²) in [6.07, 6.45) is 0.831. The molecule has 0 aliphatic heterocycles. The van der Waals surface area contributed by atoms with Crippen molar-refractivity contribution in [2.24, 2.45) is 0 Å². The quantitative estimate of drug-likeness (QED) is 0.826. The first kappa shape index (κ1) is 19.0. The van der Waals surface area contributed by atoms with Crippen LogP contribution in [0.3, 0.4) is 0 Å². The van der Waals surface area contributed by atoms with Crippen LogP contribution in [0, 0.1) is 13.8 Å². The van der Waals surface area contributed by atoms with Crippen LogP contribution in [0.5, 0.6) is 0 Å². The monoisotopic (exact) mass is 360 g/mol. The van der Waals surface area contributed by atoms with Gasteiger partial charge in [0.25, 0.3) is 15.9 Å². The van der Waals surface area contributed by atoms with Gasteiger partial charge in [0.1, 0.15) is 0 Å². The van der Waals surface area contributed by atoms with Crippen LogP contribution >= 0.6 is 0 Å². The molecule has 0 fully saturated rings. The van der Waals surface area contributed by atoms with Gasteiger partial charge in [-0.2, -0.15) is 0 Å². The minimum absolute atomic E-state index is 0.0712. The predicted octanol–water partition coefficient (Wildman–Crippen LogP) is 3.63. The standard InChI is InChI=1S/C19H24N2O3S/c1-5-14(3)20-19(22)16-9-11-17(12-10-16)25(23,24)21-18-8-6-7-13(2)15(18)4/h6-12,14,21H,5H2,1-4H3,(H,20,22)/t14-/m0/s1. The van der Waals surface area contributed by atoms with Crippen molar-refractivity contribution in [1.29, 1.82) is 0 Å². The number of anilines is 1. The Kier molecular flexibility index (Phi) is 5.85. The maximum absolute atomic E-state index is 12.6. The topological polar surface area (TPSA) is 75.3 Å². The molecular weight excluding hydrogens is 336 g/mol. The predicted molar refractivity (Wildman–Crippen MR) is 100 cm³/mol. The highest BCUT2D eigenvalue weighted by molar-refractivity contribution is 7.92. The van der Waals surface area contributed by atoms with Crippen molar-refractivity contribution in [1.82, 2.24) is 5.32 Å². The zero-order valence-electron chi connectivity index (χ0n) is 15.0. The zero-order valence-corrected chi connectivity index (χ0v) is 15.8. The van der Waals surface area contributed by atoms with Crippen LogP contribution in [0.2, 0.25) is 0 Å². The number of sulfonamides is 1. The summed E-state index contributed by atoms with van der Waals surface area (Å²) in [6, 6.07) is 11.5. The Morgan fingerprint density at radius 1 is 1.08 bits per heavy atom. The number of hydrogen-bond acceptors (Lipinski definition) is 3. The highest BCUT2D eigenvalue weighted by Crippen LogP contribution is 2.22. The molecule has 2 rings (SSSR count). The van der Waals surface area contributed by atoms with Crippen molar-refractivity contribution < 1.29 is 13.2 Å². The second kappa shape index (κ2) is 7.70. The van der Waals surface area contributed by atoms with Crippen molar-refractivity contribution in [2.75, 3.05) is 4.72 Å². The molecule has 0 aliphatic carbocycles. The Balaban J connectivity index is 2.20. The Morgan fingerprint density at radius 2 is 1.72 bits per heavy atom.